The number of thioether (sulfide) groups is 2. The van der Waals surface area contributed by atoms with Gasteiger partial charge >= 0.3 is 0 Å². The van der Waals surface area contributed by atoms with Crippen molar-refractivity contribution >= 4 is 83.8 Å². The normalized spacial score (nSPS) is 13.4. The van der Waals surface area contributed by atoms with Crippen molar-refractivity contribution in [2.45, 2.75) is 132 Å². The zero-order valence-electron chi connectivity index (χ0n) is 32.8. The molecule has 0 aliphatic carbocycles. The first-order chi connectivity index (χ1) is 23.8. The second-order valence-corrected chi connectivity index (χ2v) is 18.2. The zero-order valence-corrected chi connectivity index (χ0v) is 38.7. The Hall–Kier alpha value is -0.406. The first kappa shape index (κ1) is 50.6. The van der Waals surface area contributed by atoms with Gasteiger partial charge in [0, 0.05) is 16.5 Å². The maximum atomic E-state index is 6.06. The van der Waals surface area contributed by atoms with E-state index in [0.29, 0.717) is 36.9 Å². The molecule has 51 heavy (non-hydrogen) atoms. The van der Waals surface area contributed by atoms with Crippen LogP contribution in [0.3, 0.4) is 0 Å². The molecular weight excluding hydrogens is 788 g/mol. The fraction of sp³-hybridized carbons (Fsp3) is 0.619. The molecule has 0 saturated heterocycles. The quantitative estimate of drug-likeness (QED) is 0.0654. The van der Waals surface area contributed by atoms with Gasteiger partial charge in [0.1, 0.15) is 11.5 Å². The van der Waals surface area contributed by atoms with Crippen molar-refractivity contribution in [3.63, 3.8) is 0 Å². The number of unbranched alkanes of at least 4 members (excludes halogenated alkanes) is 2. The molecule has 0 fully saturated rings. The summed E-state index contributed by atoms with van der Waals surface area (Å²) in [6.45, 7) is 23.6. The monoisotopic (exact) mass is 850 g/mol. The van der Waals surface area contributed by atoms with Crippen LogP contribution < -0.4 is 9.47 Å². The molecule has 0 bridgehead atoms. The summed E-state index contributed by atoms with van der Waals surface area (Å²) in [5.41, 5.74) is 4.59. The summed E-state index contributed by atoms with van der Waals surface area (Å²) in [6, 6.07) is 12.9. The molecule has 0 saturated carbocycles. The summed E-state index contributed by atoms with van der Waals surface area (Å²) >= 11 is 26.0. The molecule has 294 valence electrons. The summed E-state index contributed by atoms with van der Waals surface area (Å²) in [6.07, 6.45) is 8.97. The standard InChI is InChI=1S/2C21H34OS3.Ni/c2*1-6-8-13-25-21(24)20(23)18-14-17(16(5)7-2)9-10-19(18)22-12-11-15(3)4;/h2*9-10,14-16,23-24H,6-8,11-13H2,1-5H3;/p-4/b2*21-20+;. The van der Waals surface area contributed by atoms with Crippen molar-refractivity contribution in [1.82, 2.24) is 0 Å². The van der Waals surface area contributed by atoms with Crippen LogP contribution >= 0.6 is 23.5 Å². The van der Waals surface area contributed by atoms with Crippen molar-refractivity contribution in [2.75, 3.05) is 24.7 Å². The van der Waals surface area contributed by atoms with Crippen LogP contribution in [0.4, 0.5) is 0 Å². The van der Waals surface area contributed by atoms with Gasteiger partial charge in [0.2, 0.25) is 0 Å². The van der Waals surface area contributed by atoms with E-state index in [4.69, 9.17) is 60.0 Å². The van der Waals surface area contributed by atoms with Crippen molar-refractivity contribution in [3.8, 4) is 11.5 Å². The van der Waals surface area contributed by atoms with Gasteiger partial charge in [-0.05, 0) is 120 Å². The number of hydrogen-bond donors (Lipinski definition) is 0. The molecule has 0 N–H and O–H groups in total. The van der Waals surface area contributed by atoms with E-state index in [1.54, 1.807) is 23.5 Å². The molecule has 2 rings (SSSR count). The van der Waals surface area contributed by atoms with E-state index in [1.165, 1.54) is 24.0 Å². The van der Waals surface area contributed by atoms with Gasteiger partial charge in [-0.25, -0.2) is 0 Å². The molecule has 2 nitrogen and oxygen atoms in total. The van der Waals surface area contributed by atoms with E-state index < -0.39 is 0 Å². The van der Waals surface area contributed by atoms with Crippen LogP contribution in [0.25, 0.3) is 9.81 Å². The first-order valence-corrected chi connectivity index (χ1v) is 22.4. The van der Waals surface area contributed by atoms with Crippen LogP contribution in [0.15, 0.2) is 44.9 Å². The molecule has 0 heterocycles. The molecule has 2 aromatic carbocycles. The van der Waals surface area contributed by atoms with Gasteiger partial charge in [-0.1, -0.05) is 94.2 Å². The maximum absolute atomic E-state index is 6.06. The Morgan fingerprint density at radius 3 is 1.24 bits per heavy atom. The van der Waals surface area contributed by atoms with E-state index in [1.807, 2.05) is 0 Å². The molecule has 0 aliphatic heterocycles. The predicted molar refractivity (Wildman–Crippen MR) is 238 cm³/mol. The first-order valence-electron chi connectivity index (χ1n) is 18.8. The third-order valence-electron chi connectivity index (χ3n) is 8.60. The van der Waals surface area contributed by atoms with Crippen molar-refractivity contribution in [3.05, 3.63) is 67.1 Å². The third-order valence-corrected chi connectivity index (χ3v) is 13.0. The maximum Gasteiger partial charge on any atom is 0.124 e. The fourth-order valence-corrected chi connectivity index (χ4v) is 7.68. The van der Waals surface area contributed by atoms with Gasteiger partial charge in [0.15, 0.2) is 0 Å². The minimum atomic E-state index is 0. The number of hydrogen-bond acceptors (Lipinski definition) is 8. The molecule has 9 heteroatoms. The molecule has 2 atom stereocenters. The largest absolute Gasteiger partial charge is 0.780 e. The van der Waals surface area contributed by atoms with Crippen LogP contribution in [0.5, 0.6) is 11.5 Å². The molecule has 2 aromatic rings. The fourth-order valence-electron chi connectivity index (χ4n) is 4.56. The minimum absolute atomic E-state index is 0. The minimum Gasteiger partial charge on any atom is -0.780 e. The van der Waals surface area contributed by atoms with E-state index in [2.05, 4.69) is 106 Å². The van der Waals surface area contributed by atoms with Gasteiger partial charge in [0.05, 0.1) is 13.2 Å². The average Bonchev–Trinajstić information content (AvgIpc) is 3.10. The van der Waals surface area contributed by atoms with E-state index in [-0.39, 0.29) is 16.5 Å². The van der Waals surface area contributed by atoms with Crippen molar-refractivity contribution in [1.29, 1.82) is 0 Å². The van der Waals surface area contributed by atoms with Crippen LogP contribution in [0.1, 0.15) is 155 Å². The van der Waals surface area contributed by atoms with E-state index >= 15 is 0 Å². The van der Waals surface area contributed by atoms with Gasteiger partial charge in [0.25, 0.3) is 0 Å². The number of ether oxygens (including phenoxy) is 2. The van der Waals surface area contributed by atoms with E-state index in [9.17, 15) is 0 Å². The summed E-state index contributed by atoms with van der Waals surface area (Å²) < 4.78 is 13.7. The SMILES string of the molecule is CCCCS/C([S-])=C(/[S-])c1cc(C(C)CC)ccc1OCCC(C)C.CCCCS/C([S-])=C(/[S-])c1cc(C(C)CC)ccc1OCCC(C)C.[Ni]. The van der Waals surface area contributed by atoms with Gasteiger partial charge in [-0.3, -0.25) is 0 Å². The molecule has 0 radical (unpaired) electrons. The molecule has 0 amide bonds. The number of rotatable bonds is 22. The van der Waals surface area contributed by atoms with Gasteiger partial charge in [-0.15, -0.1) is 0 Å². The summed E-state index contributed by atoms with van der Waals surface area (Å²) in [4.78, 5) is 1.53. The third kappa shape index (κ3) is 19.7. The van der Waals surface area contributed by atoms with Gasteiger partial charge < -0.3 is 60.0 Å². The molecule has 0 aliphatic rings. The second-order valence-electron chi connectivity index (χ2n) is 13.8. The van der Waals surface area contributed by atoms with Crippen molar-refractivity contribution in [2.24, 2.45) is 11.8 Å². The topological polar surface area (TPSA) is 18.5 Å². The second kappa shape index (κ2) is 29.0. The van der Waals surface area contributed by atoms with Crippen LogP contribution in [-0.2, 0) is 67.0 Å². The van der Waals surface area contributed by atoms with Crippen LogP contribution in [0.2, 0.25) is 0 Å². The average molecular weight is 852 g/mol. The smallest absolute Gasteiger partial charge is 0.124 e. The Labute approximate surface area is 354 Å². The summed E-state index contributed by atoms with van der Waals surface area (Å²) in [7, 11) is 0. The van der Waals surface area contributed by atoms with Crippen LogP contribution in [0, 0.1) is 11.8 Å². The summed E-state index contributed by atoms with van der Waals surface area (Å²) in [5.74, 6) is 6.07. The molecule has 2 unspecified atom stereocenters. The Bertz CT molecular complexity index is 1210. The molecule has 0 spiro atoms. The Morgan fingerprint density at radius 1 is 0.588 bits per heavy atom. The van der Waals surface area contributed by atoms with Crippen molar-refractivity contribution < 1.29 is 26.0 Å². The molecule has 0 aromatic heterocycles. The Kier molecular flexibility index (Phi) is 28.7. The number of benzene rings is 2. The predicted octanol–water partition coefficient (Wildman–Crippen LogP) is 13.8. The zero-order chi connectivity index (χ0) is 37.6. The van der Waals surface area contributed by atoms with Crippen LogP contribution in [-0.4, -0.2) is 24.7 Å². The molecular formula is C42H64NiO2S6-4. The summed E-state index contributed by atoms with van der Waals surface area (Å²) in [5, 5.41) is 0. The van der Waals surface area contributed by atoms with E-state index in [0.717, 1.165) is 90.9 Å². The Balaban J connectivity index is 0.000000962. The van der Waals surface area contributed by atoms with Gasteiger partial charge in [-0.2, -0.15) is 41.8 Å². The Morgan fingerprint density at radius 2 is 0.941 bits per heavy atom.